The Morgan fingerprint density at radius 3 is 2.62 bits per heavy atom. The van der Waals surface area contributed by atoms with E-state index in [2.05, 4.69) is 21.1 Å². The van der Waals surface area contributed by atoms with Gasteiger partial charge in [0.1, 0.15) is 16.5 Å². The van der Waals surface area contributed by atoms with Crippen LogP contribution in [0.5, 0.6) is 0 Å². The fourth-order valence-electron chi connectivity index (χ4n) is 1.74. The molecule has 0 fully saturated rings. The lowest BCUT2D eigenvalue weighted by molar-refractivity contribution is 0.313. The largest absolute Gasteiger partial charge is 0.409 e. The summed E-state index contributed by atoms with van der Waals surface area (Å²) in [4.78, 5) is -0.404. The van der Waals surface area contributed by atoms with Crippen molar-refractivity contribution < 1.29 is 18.0 Å². The summed E-state index contributed by atoms with van der Waals surface area (Å²) < 4.78 is 40.5. The van der Waals surface area contributed by atoms with Crippen molar-refractivity contribution in [2.75, 3.05) is 6.54 Å². The van der Waals surface area contributed by atoms with Crippen LogP contribution < -0.4 is 5.73 Å². The topological polar surface area (TPSA) is 96.0 Å². The van der Waals surface area contributed by atoms with E-state index in [1.165, 1.54) is 12.1 Å². The van der Waals surface area contributed by atoms with E-state index in [9.17, 15) is 12.8 Å². The summed E-state index contributed by atoms with van der Waals surface area (Å²) in [7, 11) is -4.01. The Bertz CT molecular complexity index is 635. The zero-order valence-corrected chi connectivity index (χ0v) is 14.0. The Hall–Kier alpha value is -1.19. The van der Waals surface area contributed by atoms with Gasteiger partial charge in [-0.25, -0.2) is 12.8 Å². The third-order valence-corrected chi connectivity index (χ3v) is 5.38. The first-order valence-electron chi connectivity index (χ1n) is 6.13. The SMILES string of the molecule is CC(C)N(CC/C(N)=N/O)S(=O)(=O)c1ccc(Br)cc1F. The van der Waals surface area contributed by atoms with Crippen LogP contribution in [0, 0.1) is 5.82 Å². The smallest absolute Gasteiger partial charge is 0.246 e. The first-order chi connectivity index (χ1) is 9.70. The molecule has 1 aromatic carbocycles. The molecule has 0 amide bonds. The van der Waals surface area contributed by atoms with Gasteiger partial charge in [-0.1, -0.05) is 21.1 Å². The van der Waals surface area contributed by atoms with Crippen molar-refractivity contribution in [1.29, 1.82) is 0 Å². The maximum absolute atomic E-state index is 13.9. The number of benzene rings is 1. The summed E-state index contributed by atoms with van der Waals surface area (Å²) in [5, 5.41) is 11.3. The Morgan fingerprint density at radius 1 is 1.52 bits per heavy atom. The Labute approximate surface area is 131 Å². The van der Waals surface area contributed by atoms with Crippen molar-refractivity contribution in [3.8, 4) is 0 Å². The van der Waals surface area contributed by atoms with Crippen LogP contribution in [0.4, 0.5) is 4.39 Å². The molecule has 21 heavy (non-hydrogen) atoms. The van der Waals surface area contributed by atoms with Gasteiger partial charge in [0.15, 0.2) is 0 Å². The molecule has 3 N–H and O–H groups in total. The highest BCUT2D eigenvalue weighted by atomic mass is 79.9. The van der Waals surface area contributed by atoms with Crippen LogP contribution in [0.2, 0.25) is 0 Å². The zero-order valence-electron chi connectivity index (χ0n) is 11.6. The van der Waals surface area contributed by atoms with Gasteiger partial charge in [0.25, 0.3) is 0 Å². The van der Waals surface area contributed by atoms with Crippen molar-refractivity contribution in [3.05, 3.63) is 28.5 Å². The molecule has 0 atom stereocenters. The quantitative estimate of drug-likeness (QED) is 0.341. The van der Waals surface area contributed by atoms with E-state index in [0.29, 0.717) is 4.47 Å². The van der Waals surface area contributed by atoms with Crippen LogP contribution in [-0.4, -0.2) is 36.4 Å². The lowest BCUT2D eigenvalue weighted by atomic mass is 10.3. The fourth-order valence-corrected chi connectivity index (χ4v) is 3.76. The van der Waals surface area contributed by atoms with Crippen LogP contribution in [-0.2, 0) is 10.0 Å². The van der Waals surface area contributed by atoms with Crippen molar-refractivity contribution in [2.45, 2.75) is 31.2 Å². The summed E-state index contributed by atoms with van der Waals surface area (Å²) in [6, 6.07) is 3.35. The van der Waals surface area contributed by atoms with Gasteiger partial charge in [-0.2, -0.15) is 4.31 Å². The molecule has 0 bridgehead atoms. The average molecular weight is 382 g/mol. The third-order valence-electron chi connectivity index (χ3n) is 2.77. The summed E-state index contributed by atoms with van der Waals surface area (Å²) in [6.45, 7) is 3.33. The summed E-state index contributed by atoms with van der Waals surface area (Å²) in [5.41, 5.74) is 5.35. The summed E-state index contributed by atoms with van der Waals surface area (Å²) in [6.07, 6.45) is 0.0477. The second kappa shape index (κ2) is 7.19. The minimum Gasteiger partial charge on any atom is -0.409 e. The van der Waals surface area contributed by atoms with Crippen molar-refractivity contribution >= 4 is 31.8 Å². The maximum atomic E-state index is 13.9. The van der Waals surface area contributed by atoms with Gasteiger partial charge in [0.05, 0.1) is 0 Å². The number of amidine groups is 1. The predicted octanol–water partition coefficient (Wildman–Crippen LogP) is 2.12. The van der Waals surface area contributed by atoms with E-state index in [-0.39, 0.29) is 18.8 Å². The van der Waals surface area contributed by atoms with Gasteiger partial charge in [-0.15, -0.1) is 0 Å². The molecule has 118 valence electrons. The molecule has 6 nitrogen and oxygen atoms in total. The molecule has 0 radical (unpaired) electrons. The lowest BCUT2D eigenvalue weighted by Gasteiger charge is -2.25. The highest BCUT2D eigenvalue weighted by Gasteiger charge is 2.29. The second-order valence-electron chi connectivity index (χ2n) is 4.63. The number of oxime groups is 1. The number of rotatable bonds is 6. The second-order valence-corrected chi connectivity index (χ2v) is 7.40. The van der Waals surface area contributed by atoms with E-state index < -0.39 is 26.8 Å². The Kier molecular flexibility index (Phi) is 6.11. The van der Waals surface area contributed by atoms with Crippen LogP contribution >= 0.6 is 15.9 Å². The van der Waals surface area contributed by atoms with Gasteiger partial charge < -0.3 is 10.9 Å². The standard InChI is InChI=1S/C12H17BrFN3O3S/c1-8(2)17(6-5-12(15)16-18)21(19,20)11-4-3-9(13)7-10(11)14/h3-4,7-8,18H,5-6H2,1-2H3,(H2,15,16). The maximum Gasteiger partial charge on any atom is 0.246 e. The molecule has 0 aliphatic heterocycles. The first kappa shape index (κ1) is 17.9. The first-order valence-corrected chi connectivity index (χ1v) is 8.36. The van der Waals surface area contributed by atoms with Crippen molar-refractivity contribution in [1.82, 2.24) is 4.31 Å². The van der Waals surface area contributed by atoms with Gasteiger partial charge in [-0.05, 0) is 32.0 Å². The Morgan fingerprint density at radius 2 is 2.14 bits per heavy atom. The average Bonchev–Trinajstić information content (AvgIpc) is 2.37. The van der Waals surface area contributed by atoms with Crippen LogP contribution in [0.25, 0.3) is 0 Å². The summed E-state index contributed by atoms with van der Waals surface area (Å²) >= 11 is 3.08. The van der Waals surface area contributed by atoms with Gasteiger partial charge >= 0.3 is 0 Å². The van der Waals surface area contributed by atoms with Crippen molar-refractivity contribution in [2.24, 2.45) is 10.9 Å². The number of halogens is 2. The molecule has 1 rings (SSSR count). The van der Waals surface area contributed by atoms with Crippen LogP contribution in [0.1, 0.15) is 20.3 Å². The Balaban J connectivity index is 3.16. The number of hydrogen-bond donors (Lipinski definition) is 2. The molecule has 0 spiro atoms. The minimum atomic E-state index is -4.01. The molecule has 1 aromatic rings. The highest BCUT2D eigenvalue weighted by Crippen LogP contribution is 2.24. The molecule has 0 aromatic heterocycles. The van der Waals surface area contributed by atoms with Crippen LogP contribution in [0.3, 0.4) is 0 Å². The van der Waals surface area contributed by atoms with Crippen molar-refractivity contribution in [3.63, 3.8) is 0 Å². The molecule has 0 saturated heterocycles. The van der Waals surface area contributed by atoms with Crippen LogP contribution in [0.15, 0.2) is 32.7 Å². The predicted molar refractivity (Wildman–Crippen MR) is 81.2 cm³/mol. The number of hydrogen-bond acceptors (Lipinski definition) is 4. The number of sulfonamides is 1. The van der Waals surface area contributed by atoms with Gasteiger partial charge in [0.2, 0.25) is 10.0 Å². The number of nitrogens with zero attached hydrogens (tertiary/aromatic N) is 2. The minimum absolute atomic E-state index is 0.00853. The summed E-state index contributed by atoms with van der Waals surface area (Å²) in [5.74, 6) is -0.925. The molecule has 0 aliphatic rings. The monoisotopic (exact) mass is 381 g/mol. The molecule has 0 saturated carbocycles. The normalized spacial score (nSPS) is 13.1. The zero-order chi connectivity index (χ0) is 16.2. The molecule has 9 heteroatoms. The fraction of sp³-hybridized carbons (Fsp3) is 0.417. The molecular weight excluding hydrogens is 365 g/mol. The van der Waals surface area contributed by atoms with E-state index in [1.807, 2.05) is 0 Å². The van der Waals surface area contributed by atoms with E-state index in [0.717, 1.165) is 10.4 Å². The van der Waals surface area contributed by atoms with Gasteiger partial charge in [0, 0.05) is 23.5 Å². The molecule has 0 unspecified atom stereocenters. The molecule has 0 heterocycles. The third kappa shape index (κ3) is 4.39. The van der Waals surface area contributed by atoms with E-state index in [4.69, 9.17) is 10.9 Å². The molecular formula is C12H17BrFN3O3S. The highest BCUT2D eigenvalue weighted by molar-refractivity contribution is 9.10. The number of nitrogens with two attached hydrogens (primary N) is 1. The van der Waals surface area contributed by atoms with E-state index in [1.54, 1.807) is 13.8 Å². The lowest BCUT2D eigenvalue weighted by Crippen LogP contribution is -2.39. The van der Waals surface area contributed by atoms with E-state index >= 15 is 0 Å². The van der Waals surface area contributed by atoms with Gasteiger partial charge in [-0.3, -0.25) is 0 Å². The molecule has 0 aliphatic carbocycles.